The zero-order chi connectivity index (χ0) is 21.8. The number of carbonyl (C=O) groups excluding carboxylic acids is 2. The Kier molecular flexibility index (Phi) is 6.92. The molecule has 0 saturated carbocycles. The van der Waals surface area contributed by atoms with E-state index in [2.05, 4.69) is 41.4 Å². The Morgan fingerprint density at radius 3 is 2.53 bits per heavy atom. The number of aromatic nitrogens is 2. The van der Waals surface area contributed by atoms with E-state index in [1.165, 1.54) is 12.5 Å². The van der Waals surface area contributed by atoms with Crippen LogP contribution in [0, 0.1) is 12.8 Å². The van der Waals surface area contributed by atoms with Crippen LogP contribution in [0.5, 0.6) is 0 Å². The van der Waals surface area contributed by atoms with Gasteiger partial charge in [-0.3, -0.25) is 14.3 Å². The van der Waals surface area contributed by atoms with Crippen molar-refractivity contribution in [3.63, 3.8) is 0 Å². The van der Waals surface area contributed by atoms with E-state index in [0.717, 1.165) is 36.5 Å². The zero-order valence-corrected chi connectivity index (χ0v) is 18.7. The molecular weight excluding hydrogens is 378 g/mol. The van der Waals surface area contributed by atoms with Crippen LogP contribution in [0.4, 0.5) is 0 Å². The standard InChI is InChI=1S/C23H33N5O2/c1-6-28-13-20(16(2)25-28)12-27(5)23(30)22-15-26(4)14-21(22)19-9-7-18(8-10-19)11-24-17(3)29/h7-10,13,21-22H,6,11-12,14-15H2,1-5H3,(H,24,29)/t21-,22+/m1/s1. The van der Waals surface area contributed by atoms with Gasteiger partial charge in [0.15, 0.2) is 0 Å². The maximum atomic E-state index is 13.3. The number of hydrogen-bond acceptors (Lipinski definition) is 4. The summed E-state index contributed by atoms with van der Waals surface area (Å²) in [4.78, 5) is 28.5. The van der Waals surface area contributed by atoms with Gasteiger partial charge in [0.25, 0.3) is 0 Å². The first-order valence-corrected chi connectivity index (χ1v) is 10.6. The average molecular weight is 412 g/mol. The quantitative estimate of drug-likeness (QED) is 0.758. The molecule has 1 aromatic carbocycles. The predicted molar refractivity (Wildman–Crippen MR) is 117 cm³/mol. The number of rotatable bonds is 7. The third-order valence-corrected chi connectivity index (χ3v) is 5.92. The minimum atomic E-state index is -0.0669. The second kappa shape index (κ2) is 9.43. The van der Waals surface area contributed by atoms with Gasteiger partial charge in [0.2, 0.25) is 11.8 Å². The second-order valence-corrected chi connectivity index (χ2v) is 8.38. The van der Waals surface area contributed by atoms with E-state index in [1.807, 2.05) is 41.9 Å². The molecule has 0 unspecified atom stereocenters. The maximum Gasteiger partial charge on any atom is 0.227 e. The van der Waals surface area contributed by atoms with Crippen molar-refractivity contribution in [2.24, 2.45) is 5.92 Å². The molecule has 0 radical (unpaired) electrons. The second-order valence-electron chi connectivity index (χ2n) is 8.38. The Morgan fingerprint density at radius 1 is 1.23 bits per heavy atom. The van der Waals surface area contributed by atoms with Crippen LogP contribution in [-0.2, 0) is 29.2 Å². The van der Waals surface area contributed by atoms with Gasteiger partial charge in [-0.2, -0.15) is 5.10 Å². The third kappa shape index (κ3) is 5.08. The highest BCUT2D eigenvalue weighted by molar-refractivity contribution is 5.80. The van der Waals surface area contributed by atoms with Gasteiger partial charge in [-0.1, -0.05) is 24.3 Å². The summed E-state index contributed by atoms with van der Waals surface area (Å²) in [5, 5.41) is 7.31. The fourth-order valence-corrected chi connectivity index (χ4v) is 4.19. The van der Waals surface area contributed by atoms with E-state index in [4.69, 9.17) is 0 Å². The van der Waals surface area contributed by atoms with Crippen LogP contribution in [0.3, 0.4) is 0 Å². The largest absolute Gasteiger partial charge is 0.352 e. The van der Waals surface area contributed by atoms with Gasteiger partial charge >= 0.3 is 0 Å². The number of nitrogens with zero attached hydrogens (tertiary/aromatic N) is 4. The Labute approximate surface area is 179 Å². The van der Waals surface area contributed by atoms with Gasteiger partial charge in [0, 0.05) is 64.4 Å². The van der Waals surface area contributed by atoms with E-state index in [-0.39, 0.29) is 23.7 Å². The van der Waals surface area contributed by atoms with Gasteiger partial charge < -0.3 is 15.1 Å². The number of carbonyl (C=O) groups is 2. The lowest BCUT2D eigenvalue weighted by Gasteiger charge is -2.25. The van der Waals surface area contributed by atoms with Crippen molar-refractivity contribution in [3.8, 4) is 0 Å². The van der Waals surface area contributed by atoms with Gasteiger partial charge in [-0.05, 0) is 32.0 Å². The molecule has 7 heteroatoms. The number of likely N-dealkylation sites (N-methyl/N-ethyl adjacent to an activating group) is 1. The monoisotopic (exact) mass is 411 g/mol. The van der Waals surface area contributed by atoms with E-state index >= 15 is 0 Å². The molecule has 3 rings (SSSR count). The zero-order valence-electron chi connectivity index (χ0n) is 18.7. The molecule has 162 valence electrons. The molecule has 30 heavy (non-hydrogen) atoms. The molecule has 2 heterocycles. The van der Waals surface area contributed by atoms with Crippen LogP contribution in [0.25, 0.3) is 0 Å². The molecule has 1 aliphatic rings. The summed E-state index contributed by atoms with van der Waals surface area (Å²) in [6.45, 7) is 9.12. The molecule has 0 bridgehead atoms. The molecule has 2 aromatic rings. The molecule has 1 saturated heterocycles. The van der Waals surface area contributed by atoms with Crippen molar-refractivity contribution in [2.75, 3.05) is 27.2 Å². The SMILES string of the molecule is CCn1cc(CN(C)C(=O)[C@H]2CN(C)C[C@@H]2c2ccc(CNC(C)=O)cc2)c(C)n1. The van der Waals surface area contributed by atoms with Crippen molar-refractivity contribution in [3.05, 3.63) is 52.8 Å². The number of benzene rings is 1. The lowest BCUT2D eigenvalue weighted by atomic mass is 9.87. The molecule has 1 N–H and O–H groups in total. The average Bonchev–Trinajstić information content (AvgIpc) is 3.28. The highest BCUT2D eigenvalue weighted by Crippen LogP contribution is 2.33. The predicted octanol–water partition coefficient (Wildman–Crippen LogP) is 2.15. The van der Waals surface area contributed by atoms with Crippen molar-refractivity contribution < 1.29 is 9.59 Å². The number of amides is 2. The molecular formula is C23H33N5O2. The first-order chi connectivity index (χ1) is 14.3. The normalized spacial score (nSPS) is 19.1. The number of hydrogen-bond donors (Lipinski definition) is 1. The van der Waals surface area contributed by atoms with Crippen LogP contribution in [0.15, 0.2) is 30.5 Å². The highest BCUT2D eigenvalue weighted by Gasteiger charge is 2.38. The lowest BCUT2D eigenvalue weighted by Crippen LogP contribution is -2.35. The molecule has 7 nitrogen and oxygen atoms in total. The van der Waals surface area contributed by atoms with Gasteiger partial charge in [-0.25, -0.2) is 0 Å². The molecule has 2 amide bonds. The summed E-state index contributed by atoms with van der Waals surface area (Å²) in [7, 11) is 3.96. The molecule has 2 atom stereocenters. The van der Waals surface area contributed by atoms with Crippen molar-refractivity contribution in [2.45, 2.75) is 46.3 Å². The molecule has 1 aliphatic heterocycles. The fourth-order valence-electron chi connectivity index (χ4n) is 4.19. The minimum Gasteiger partial charge on any atom is -0.352 e. The summed E-state index contributed by atoms with van der Waals surface area (Å²) in [6.07, 6.45) is 2.03. The highest BCUT2D eigenvalue weighted by atomic mass is 16.2. The summed E-state index contributed by atoms with van der Waals surface area (Å²) in [5.74, 6) is 0.238. The summed E-state index contributed by atoms with van der Waals surface area (Å²) in [6, 6.07) is 8.27. The Bertz CT molecular complexity index is 889. The van der Waals surface area contributed by atoms with Gasteiger partial charge in [0.05, 0.1) is 11.6 Å². The molecule has 0 spiro atoms. The van der Waals surface area contributed by atoms with Crippen LogP contribution < -0.4 is 5.32 Å². The van der Waals surface area contributed by atoms with Crippen LogP contribution in [0.1, 0.15) is 42.1 Å². The summed E-state index contributed by atoms with van der Waals surface area (Å²) in [5.41, 5.74) is 4.31. The Morgan fingerprint density at radius 2 is 1.93 bits per heavy atom. The first kappa shape index (κ1) is 22.0. The Balaban J connectivity index is 1.70. The summed E-state index contributed by atoms with van der Waals surface area (Å²) >= 11 is 0. The first-order valence-electron chi connectivity index (χ1n) is 10.6. The number of aryl methyl sites for hydroxylation is 2. The maximum absolute atomic E-state index is 13.3. The van der Waals surface area contributed by atoms with Crippen LogP contribution >= 0.6 is 0 Å². The van der Waals surface area contributed by atoms with Crippen LogP contribution in [-0.4, -0.2) is 58.6 Å². The van der Waals surface area contributed by atoms with Gasteiger partial charge in [-0.15, -0.1) is 0 Å². The smallest absolute Gasteiger partial charge is 0.227 e. The van der Waals surface area contributed by atoms with Gasteiger partial charge in [0.1, 0.15) is 0 Å². The number of nitrogens with one attached hydrogen (secondary N) is 1. The molecule has 1 fully saturated rings. The third-order valence-electron chi connectivity index (χ3n) is 5.92. The van der Waals surface area contributed by atoms with E-state index in [9.17, 15) is 9.59 Å². The van der Waals surface area contributed by atoms with E-state index in [0.29, 0.717) is 13.1 Å². The minimum absolute atomic E-state index is 0.0371. The van der Waals surface area contributed by atoms with E-state index in [1.54, 1.807) is 0 Å². The topological polar surface area (TPSA) is 70.5 Å². The van der Waals surface area contributed by atoms with Crippen molar-refractivity contribution in [1.29, 1.82) is 0 Å². The van der Waals surface area contributed by atoms with E-state index < -0.39 is 0 Å². The van der Waals surface area contributed by atoms with Crippen molar-refractivity contribution >= 4 is 11.8 Å². The summed E-state index contributed by atoms with van der Waals surface area (Å²) < 4.78 is 1.91. The molecule has 0 aliphatic carbocycles. The fraction of sp³-hybridized carbons (Fsp3) is 0.522. The molecule has 1 aromatic heterocycles. The van der Waals surface area contributed by atoms with Crippen molar-refractivity contribution in [1.82, 2.24) is 24.9 Å². The lowest BCUT2D eigenvalue weighted by molar-refractivity contribution is -0.134. The van der Waals surface area contributed by atoms with Crippen LogP contribution in [0.2, 0.25) is 0 Å². The number of likely N-dealkylation sites (tertiary alicyclic amines) is 1. The Hall–Kier alpha value is -2.67.